The minimum Gasteiger partial charge on any atom is -0.362 e. The third-order valence-electron chi connectivity index (χ3n) is 3.93. The average molecular weight is 346 g/mol. The van der Waals surface area contributed by atoms with Gasteiger partial charge in [0.25, 0.3) is 0 Å². The lowest BCUT2D eigenvalue weighted by Gasteiger charge is -2.08. The van der Waals surface area contributed by atoms with E-state index in [0.717, 1.165) is 17.2 Å². The molecule has 0 spiro atoms. The van der Waals surface area contributed by atoms with Gasteiger partial charge in [-0.1, -0.05) is 20.8 Å². The smallest absolute Gasteiger partial charge is 0.0928 e. The van der Waals surface area contributed by atoms with Crippen molar-refractivity contribution >= 4 is 23.1 Å². The summed E-state index contributed by atoms with van der Waals surface area (Å²) >= 11 is 3.73. The zero-order chi connectivity index (χ0) is 16.2. The fraction of sp³-hybridized carbons (Fsp3) is 0.389. The minimum absolute atomic E-state index is 0.546. The number of H-pyrrole nitrogens is 2. The Hall–Kier alpha value is -1.46. The topological polar surface area (TPSA) is 44.5 Å². The van der Waals surface area contributed by atoms with Gasteiger partial charge in [-0.15, -0.1) is 23.1 Å². The molecule has 1 unspecified atom stereocenters. The molecule has 0 radical (unpaired) electrons. The lowest BCUT2D eigenvalue weighted by atomic mass is 10.0. The number of thioether (sulfide) groups is 1. The van der Waals surface area contributed by atoms with Crippen LogP contribution in [0.25, 0.3) is 0 Å². The SMILES string of the molecule is CC(C)c1ccc(CC(C)c2ccc(CSc3cnc[nH]3)s2)[nH]1. The van der Waals surface area contributed by atoms with Crippen LogP contribution >= 0.6 is 23.1 Å². The van der Waals surface area contributed by atoms with Crippen molar-refractivity contribution in [2.45, 2.75) is 49.8 Å². The average Bonchev–Trinajstić information content (AvgIpc) is 3.26. The van der Waals surface area contributed by atoms with Gasteiger partial charge in [-0.05, 0) is 42.5 Å². The molecule has 0 aliphatic rings. The number of rotatable bonds is 7. The summed E-state index contributed by atoms with van der Waals surface area (Å²) in [5.74, 6) is 2.11. The summed E-state index contributed by atoms with van der Waals surface area (Å²) in [7, 11) is 0. The van der Waals surface area contributed by atoms with Crippen LogP contribution < -0.4 is 0 Å². The Morgan fingerprint density at radius 1 is 1.17 bits per heavy atom. The van der Waals surface area contributed by atoms with Gasteiger partial charge in [0.05, 0.1) is 17.6 Å². The number of hydrogen-bond acceptors (Lipinski definition) is 3. The van der Waals surface area contributed by atoms with Crippen molar-refractivity contribution < 1.29 is 0 Å². The number of imidazole rings is 1. The van der Waals surface area contributed by atoms with Gasteiger partial charge in [0.2, 0.25) is 0 Å². The summed E-state index contributed by atoms with van der Waals surface area (Å²) in [5, 5.41) is 1.13. The largest absolute Gasteiger partial charge is 0.362 e. The van der Waals surface area contributed by atoms with Gasteiger partial charge < -0.3 is 9.97 Å². The predicted molar refractivity (Wildman–Crippen MR) is 99.5 cm³/mol. The Labute approximate surface area is 146 Å². The maximum Gasteiger partial charge on any atom is 0.0928 e. The van der Waals surface area contributed by atoms with Gasteiger partial charge in [-0.3, -0.25) is 0 Å². The van der Waals surface area contributed by atoms with Gasteiger partial charge in [0, 0.05) is 26.9 Å². The number of aromatic nitrogens is 3. The Morgan fingerprint density at radius 2 is 2.04 bits per heavy atom. The monoisotopic (exact) mass is 345 g/mol. The van der Waals surface area contributed by atoms with E-state index in [1.807, 2.05) is 17.5 Å². The second-order valence-corrected chi connectivity index (χ2v) is 8.42. The summed E-state index contributed by atoms with van der Waals surface area (Å²) in [5.41, 5.74) is 2.66. The van der Waals surface area contributed by atoms with E-state index in [0.29, 0.717) is 11.8 Å². The molecule has 0 bridgehead atoms. The molecule has 1 atom stereocenters. The number of nitrogens with one attached hydrogen (secondary N) is 2. The summed E-state index contributed by atoms with van der Waals surface area (Å²) in [6, 6.07) is 8.99. The van der Waals surface area contributed by atoms with Crippen molar-refractivity contribution in [3.8, 4) is 0 Å². The number of aromatic amines is 2. The molecule has 0 saturated carbocycles. The molecule has 3 rings (SSSR count). The quantitative estimate of drug-likeness (QED) is 0.550. The molecular weight excluding hydrogens is 322 g/mol. The van der Waals surface area contributed by atoms with Gasteiger partial charge in [-0.2, -0.15) is 0 Å². The summed E-state index contributed by atoms with van der Waals surface area (Å²) in [6.45, 7) is 6.76. The number of hydrogen-bond donors (Lipinski definition) is 2. The molecule has 0 aliphatic carbocycles. The van der Waals surface area contributed by atoms with Crippen molar-refractivity contribution in [2.75, 3.05) is 0 Å². The molecule has 0 fully saturated rings. The maximum atomic E-state index is 4.05. The van der Waals surface area contributed by atoms with E-state index in [-0.39, 0.29) is 0 Å². The van der Waals surface area contributed by atoms with E-state index in [1.165, 1.54) is 21.1 Å². The van der Waals surface area contributed by atoms with E-state index >= 15 is 0 Å². The van der Waals surface area contributed by atoms with E-state index in [2.05, 4.69) is 60.0 Å². The molecule has 23 heavy (non-hydrogen) atoms. The number of nitrogens with zero attached hydrogens (tertiary/aromatic N) is 1. The van der Waals surface area contributed by atoms with Crippen LogP contribution in [0, 0.1) is 0 Å². The number of thiophene rings is 1. The molecule has 5 heteroatoms. The van der Waals surface area contributed by atoms with Crippen LogP contribution in [0.4, 0.5) is 0 Å². The van der Waals surface area contributed by atoms with Crippen LogP contribution in [0.15, 0.2) is 41.8 Å². The molecule has 0 aliphatic heterocycles. The van der Waals surface area contributed by atoms with Crippen molar-refractivity contribution in [3.05, 3.63) is 57.9 Å². The highest BCUT2D eigenvalue weighted by atomic mass is 32.2. The third kappa shape index (κ3) is 4.30. The standard InChI is InChI=1S/C18H23N3S2/c1-12(2)16-6-4-14(21-16)8-13(3)17-7-5-15(23-17)10-22-18-9-19-11-20-18/h4-7,9,11-13,21H,8,10H2,1-3H3,(H,19,20). The van der Waals surface area contributed by atoms with Crippen LogP contribution in [0.1, 0.15) is 53.7 Å². The van der Waals surface area contributed by atoms with Gasteiger partial charge in [-0.25, -0.2) is 4.98 Å². The van der Waals surface area contributed by atoms with Crippen molar-refractivity contribution in [1.29, 1.82) is 0 Å². The maximum absolute atomic E-state index is 4.05. The highest BCUT2D eigenvalue weighted by Gasteiger charge is 2.12. The lowest BCUT2D eigenvalue weighted by molar-refractivity contribution is 0.747. The van der Waals surface area contributed by atoms with Crippen LogP contribution in [0.3, 0.4) is 0 Å². The van der Waals surface area contributed by atoms with Gasteiger partial charge in [0.1, 0.15) is 0 Å². The fourth-order valence-electron chi connectivity index (χ4n) is 2.55. The van der Waals surface area contributed by atoms with E-state index in [9.17, 15) is 0 Å². The molecule has 3 nitrogen and oxygen atoms in total. The summed E-state index contributed by atoms with van der Waals surface area (Å²) in [6.07, 6.45) is 4.67. The lowest BCUT2D eigenvalue weighted by Crippen LogP contribution is -1.97. The molecule has 0 saturated heterocycles. The predicted octanol–water partition coefficient (Wildman–Crippen LogP) is 5.56. The van der Waals surface area contributed by atoms with E-state index < -0.39 is 0 Å². The molecule has 0 amide bonds. The Balaban J connectivity index is 1.57. The normalized spacial score (nSPS) is 12.9. The first-order valence-corrected chi connectivity index (χ1v) is 9.79. The molecule has 3 aromatic rings. The molecule has 0 aromatic carbocycles. The van der Waals surface area contributed by atoms with Gasteiger partial charge in [0.15, 0.2) is 0 Å². The Morgan fingerprint density at radius 3 is 2.74 bits per heavy atom. The fourth-order valence-corrected chi connectivity index (χ4v) is 4.49. The van der Waals surface area contributed by atoms with Crippen LogP contribution in [0.5, 0.6) is 0 Å². The molecule has 3 heterocycles. The summed E-state index contributed by atoms with van der Waals surface area (Å²) in [4.78, 5) is 13.6. The van der Waals surface area contributed by atoms with Crippen molar-refractivity contribution in [3.63, 3.8) is 0 Å². The van der Waals surface area contributed by atoms with E-state index in [1.54, 1.807) is 18.1 Å². The highest BCUT2D eigenvalue weighted by molar-refractivity contribution is 7.98. The summed E-state index contributed by atoms with van der Waals surface area (Å²) < 4.78 is 0. The third-order valence-corrected chi connectivity index (χ3v) is 6.42. The molecule has 122 valence electrons. The Kier molecular flexibility index (Phi) is 5.28. The molecular formula is C18H23N3S2. The van der Waals surface area contributed by atoms with Crippen LogP contribution in [0.2, 0.25) is 0 Å². The zero-order valence-electron chi connectivity index (χ0n) is 13.8. The Bertz CT molecular complexity index is 725. The first kappa shape index (κ1) is 16.4. The first-order chi connectivity index (χ1) is 11.1. The minimum atomic E-state index is 0.546. The van der Waals surface area contributed by atoms with E-state index in [4.69, 9.17) is 0 Å². The second-order valence-electron chi connectivity index (χ2n) is 6.21. The zero-order valence-corrected chi connectivity index (χ0v) is 15.4. The molecule has 2 N–H and O–H groups in total. The molecule has 3 aromatic heterocycles. The van der Waals surface area contributed by atoms with Crippen LogP contribution in [-0.2, 0) is 12.2 Å². The first-order valence-electron chi connectivity index (χ1n) is 7.99. The van der Waals surface area contributed by atoms with Crippen molar-refractivity contribution in [2.24, 2.45) is 0 Å². The highest BCUT2D eigenvalue weighted by Crippen LogP contribution is 2.31. The second kappa shape index (κ2) is 7.41. The van der Waals surface area contributed by atoms with Gasteiger partial charge >= 0.3 is 0 Å². The van der Waals surface area contributed by atoms with Crippen molar-refractivity contribution in [1.82, 2.24) is 15.0 Å². The van der Waals surface area contributed by atoms with Crippen LogP contribution in [-0.4, -0.2) is 15.0 Å².